The predicted molar refractivity (Wildman–Crippen MR) is 99.1 cm³/mol. The number of pyridine rings is 2. The van der Waals surface area contributed by atoms with Crippen molar-refractivity contribution >= 4 is 28.9 Å². The third-order valence-electron chi connectivity index (χ3n) is 3.65. The predicted octanol–water partition coefficient (Wildman–Crippen LogP) is 4.11. The van der Waals surface area contributed by atoms with Crippen molar-refractivity contribution < 1.29 is 4.79 Å². The number of anilines is 2. The molecule has 3 aromatic rings. The highest BCUT2D eigenvalue weighted by Gasteiger charge is 2.09. The van der Waals surface area contributed by atoms with E-state index in [0.717, 1.165) is 22.5 Å². The summed E-state index contributed by atoms with van der Waals surface area (Å²) in [5, 5.41) is 6.75. The highest BCUT2D eigenvalue weighted by atomic mass is 35.5. The van der Waals surface area contributed by atoms with Gasteiger partial charge < -0.3 is 10.6 Å². The van der Waals surface area contributed by atoms with Gasteiger partial charge in [-0.2, -0.15) is 0 Å². The quantitative estimate of drug-likeness (QED) is 0.725. The Morgan fingerprint density at radius 2 is 2.04 bits per heavy atom. The van der Waals surface area contributed by atoms with Crippen LogP contribution in [0, 0.1) is 6.92 Å². The van der Waals surface area contributed by atoms with Crippen molar-refractivity contribution in [2.75, 3.05) is 5.32 Å². The van der Waals surface area contributed by atoms with Crippen molar-refractivity contribution in [2.24, 2.45) is 0 Å². The second-order valence-corrected chi connectivity index (χ2v) is 5.99. The Kier molecular flexibility index (Phi) is 5.26. The summed E-state index contributed by atoms with van der Waals surface area (Å²) in [5.74, 6) is -0.240. The van der Waals surface area contributed by atoms with Gasteiger partial charge in [0.05, 0.1) is 0 Å². The number of nitrogens with zero attached hydrogens (tertiary/aromatic N) is 2. The molecule has 2 aromatic heterocycles. The van der Waals surface area contributed by atoms with Gasteiger partial charge in [0.2, 0.25) is 0 Å². The fraction of sp³-hybridized carbons (Fsp3) is 0.105. The van der Waals surface area contributed by atoms with Crippen molar-refractivity contribution in [1.82, 2.24) is 15.3 Å². The number of hydrogen-bond acceptors (Lipinski definition) is 4. The van der Waals surface area contributed by atoms with E-state index in [0.29, 0.717) is 17.3 Å². The van der Waals surface area contributed by atoms with Crippen LogP contribution in [-0.4, -0.2) is 15.9 Å². The highest BCUT2D eigenvalue weighted by molar-refractivity contribution is 6.30. The number of halogens is 1. The van der Waals surface area contributed by atoms with Gasteiger partial charge in [0, 0.05) is 41.5 Å². The lowest BCUT2D eigenvalue weighted by molar-refractivity contribution is 0.0946. The Morgan fingerprint density at radius 1 is 1.16 bits per heavy atom. The molecule has 0 radical (unpaired) electrons. The molecule has 0 saturated carbocycles. The molecule has 25 heavy (non-hydrogen) atoms. The molecule has 1 aromatic carbocycles. The summed E-state index contributed by atoms with van der Waals surface area (Å²) in [6.45, 7) is 2.39. The van der Waals surface area contributed by atoms with Gasteiger partial charge in [-0.15, -0.1) is 0 Å². The number of benzene rings is 1. The van der Waals surface area contributed by atoms with Crippen molar-refractivity contribution in [2.45, 2.75) is 13.5 Å². The molecule has 2 heterocycles. The average molecular weight is 353 g/mol. The van der Waals surface area contributed by atoms with Crippen LogP contribution in [0.5, 0.6) is 0 Å². The molecule has 5 nitrogen and oxygen atoms in total. The molecule has 0 atom stereocenters. The van der Waals surface area contributed by atoms with E-state index in [2.05, 4.69) is 20.6 Å². The minimum absolute atomic E-state index is 0.240. The summed E-state index contributed by atoms with van der Waals surface area (Å²) < 4.78 is 0. The molecule has 0 aliphatic rings. The first kappa shape index (κ1) is 16.9. The molecule has 2 N–H and O–H groups in total. The van der Waals surface area contributed by atoms with Gasteiger partial charge in [0.1, 0.15) is 5.69 Å². The average Bonchev–Trinajstić information content (AvgIpc) is 2.64. The summed E-state index contributed by atoms with van der Waals surface area (Å²) in [5.41, 5.74) is 3.99. The number of amides is 1. The lowest BCUT2D eigenvalue weighted by Gasteiger charge is -2.11. The third kappa shape index (κ3) is 4.55. The molecule has 0 spiro atoms. The van der Waals surface area contributed by atoms with Crippen molar-refractivity contribution in [1.29, 1.82) is 0 Å². The highest BCUT2D eigenvalue weighted by Crippen LogP contribution is 2.24. The van der Waals surface area contributed by atoms with Crippen LogP contribution in [0.2, 0.25) is 5.02 Å². The number of hydrogen-bond donors (Lipinski definition) is 2. The maximum atomic E-state index is 12.3. The molecule has 0 saturated heterocycles. The fourth-order valence-electron chi connectivity index (χ4n) is 2.29. The summed E-state index contributed by atoms with van der Waals surface area (Å²) in [4.78, 5) is 20.5. The van der Waals surface area contributed by atoms with Crippen LogP contribution in [-0.2, 0) is 6.54 Å². The Morgan fingerprint density at radius 3 is 2.84 bits per heavy atom. The van der Waals surface area contributed by atoms with Gasteiger partial charge in [0.15, 0.2) is 0 Å². The van der Waals surface area contributed by atoms with Gasteiger partial charge in [-0.1, -0.05) is 23.7 Å². The topological polar surface area (TPSA) is 66.9 Å². The van der Waals surface area contributed by atoms with Crippen molar-refractivity contribution in [3.8, 4) is 0 Å². The molecule has 0 bridgehead atoms. The van der Waals surface area contributed by atoms with E-state index in [1.165, 1.54) is 0 Å². The number of aromatic nitrogens is 2. The van der Waals surface area contributed by atoms with Crippen molar-refractivity contribution in [3.63, 3.8) is 0 Å². The van der Waals surface area contributed by atoms with E-state index in [9.17, 15) is 4.79 Å². The SMILES string of the molecule is Cc1ccc(Cl)cc1Nc1ccnc(C(=O)NCc2cccnc2)c1. The maximum Gasteiger partial charge on any atom is 0.270 e. The Labute approximate surface area is 151 Å². The lowest BCUT2D eigenvalue weighted by atomic mass is 10.2. The smallest absolute Gasteiger partial charge is 0.270 e. The first-order valence-electron chi connectivity index (χ1n) is 7.78. The normalized spacial score (nSPS) is 10.3. The standard InChI is InChI=1S/C19H17ClN4O/c1-13-4-5-15(20)9-17(13)24-16-6-8-22-18(10-16)19(25)23-12-14-3-2-7-21-11-14/h2-11H,12H2,1H3,(H,22,24)(H,23,25). The van der Waals surface area contributed by atoms with E-state index in [1.54, 1.807) is 30.7 Å². The monoisotopic (exact) mass is 352 g/mol. The van der Waals surface area contributed by atoms with Gasteiger partial charge in [-0.05, 0) is 48.4 Å². The molecule has 0 fully saturated rings. The summed E-state index contributed by atoms with van der Waals surface area (Å²) in [6.07, 6.45) is 5.01. The van der Waals surface area contributed by atoms with Gasteiger partial charge in [-0.3, -0.25) is 14.8 Å². The van der Waals surface area contributed by atoms with Crippen LogP contribution in [0.25, 0.3) is 0 Å². The van der Waals surface area contributed by atoms with Crippen LogP contribution in [0.3, 0.4) is 0 Å². The number of carbonyl (C=O) groups is 1. The molecule has 126 valence electrons. The maximum absolute atomic E-state index is 12.3. The van der Waals surface area contributed by atoms with Crippen LogP contribution in [0.15, 0.2) is 61.1 Å². The van der Waals surface area contributed by atoms with E-state index in [4.69, 9.17) is 11.6 Å². The molecule has 0 aliphatic carbocycles. The van der Waals surface area contributed by atoms with Gasteiger partial charge in [-0.25, -0.2) is 0 Å². The van der Waals surface area contributed by atoms with Gasteiger partial charge >= 0.3 is 0 Å². The lowest BCUT2D eigenvalue weighted by Crippen LogP contribution is -2.23. The van der Waals surface area contributed by atoms with Crippen molar-refractivity contribution in [3.05, 3.63) is 82.9 Å². The zero-order valence-corrected chi connectivity index (χ0v) is 14.4. The first-order valence-corrected chi connectivity index (χ1v) is 8.16. The number of rotatable bonds is 5. The second-order valence-electron chi connectivity index (χ2n) is 5.56. The summed E-state index contributed by atoms with van der Waals surface area (Å²) in [7, 11) is 0. The van der Waals surface area contributed by atoms with E-state index in [1.807, 2.05) is 37.3 Å². The molecule has 1 amide bonds. The number of nitrogens with one attached hydrogen (secondary N) is 2. The van der Waals surface area contributed by atoms with E-state index in [-0.39, 0.29) is 5.91 Å². The fourth-order valence-corrected chi connectivity index (χ4v) is 2.46. The second kappa shape index (κ2) is 7.77. The van der Waals surface area contributed by atoms with Crippen LogP contribution < -0.4 is 10.6 Å². The largest absolute Gasteiger partial charge is 0.355 e. The minimum Gasteiger partial charge on any atom is -0.355 e. The Bertz CT molecular complexity index is 884. The Hall–Kier alpha value is -2.92. The molecular formula is C19H17ClN4O. The third-order valence-corrected chi connectivity index (χ3v) is 3.88. The first-order chi connectivity index (χ1) is 12.1. The summed E-state index contributed by atoms with van der Waals surface area (Å²) >= 11 is 6.04. The summed E-state index contributed by atoms with van der Waals surface area (Å²) in [6, 6.07) is 12.9. The van der Waals surface area contributed by atoms with Crippen LogP contribution in [0.4, 0.5) is 11.4 Å². The molecule has 0 unspecified atom stereocenters. The van der Waals surface area contributed by atoms with Crippen LogP contribution in [0.1, 0.15) is 21.6 Å². The van der Waals surface area contributed by atoms with E-state index >= 15 is 0 Å². The molecular weight excluding hydrogens is 336 g/mol. The van der Waals surface area contributed by atoms with Crippen LogP contribution >= 0.6 is 11.6 Å². The minimum atomic E-state index is -0.240. The van der Waals surface area contributed by atoms with E-state index < -0.39 is 0 Å². The van der Waals surface area contributed by atoms with Gasteiger partial charge in [0.25, 0.3) is 5.91 Å². The zero-order valence-electron chi connectivity index (χ0n) is 13.7. The zero-order chi connectivity index (χ0) is 17.6. The number of aryl methyl sites for hydroxylation is 1. The molecule has 0 aliphatic heterocycles. The molecule has 3 rings (SSSR count). The molecule has 6 heteroatoms. The number of carbonyl (C=O) groups excluding carboxylic acids is 1. The Balaban J connectivity index is 1.70.